The number of nitrogens with two attached hydrogens (primary N) is 2. The van der Waals surface area contributed by atoms with E-state index in [1.54, 1.807) is 31.3 Å². The van der Waals surface area contributed by atoms with E-state index in [4.69, 9.17) is 23.2 Å². The van der Waals surface area contributed by atoms with Crippen LogP contribution in [0.2, 0.25) is 5.15 Å². The molecule has 7 nitrogen and oxygen atoms in total. The van der Waals surface area contributed by atoms with Crippen LogP contribution in [-0.2, 0) is 11.2 Å². The quantitative estimate of drug-likeness (QED) is 0.376. The Morgan fingerprint density at radius 3 is 2.80 bits per heavy atom. The number of pyridine rings is 1. The number of aromatic nitrogens is 3. The molecule has 0 fully saturated rings. The summed E-state index contributed by atoms with van der Waals surface area (Å²) in [6.07, 6.45) is 1.66. The second kappa shape index (κ2) is 5.81. The SMILES string of the molecule is Cc1c(Cl)nc(N)nc1N(N)C(=O)Cc1ccccn1. The number of hydrazine groups is 1. The summed E-state index contributed by atoms with van der Waals surface area (Å²) in [6, 6.07) is 5.30. The maximum absolute atomic E-state index is 12.1. The summed E-state index contributed by atoms with van der Waals surface area (Å²) in [7, 11) is 0. The molecule has 0 aliphatic rings. The van der Waals surface area contributed by atoms with Crippen molar-refractivity contribution in [3.8, 4) is 0 Å². The summed E-state index contributed by atoms with van der Waals surface area (Å²) in [4.78, 5) is 23.9. The van der Waals surface area contributed by atoms with Crippen LogP contribution in [0.3, 0.4) is 0 Å². The number of hydrogen-bond acceptors (Lipinski definition) is 6. The van der Waals surface area contributed by atoms with Gasteiger partial charge in [0.2, 0.25) is 11.9 Å². The van der Waals surface area contributed by atoms with Gasteiger partial charge in [0.1, 0.15) is 5.15 Å². The van der Waals surface area contributed by atoms with Crippen LogP contribution in [-0.4, -0.2) is 20.9 Å². The number of anilines is 2. The van der Waals surface area contributed by atoms with Gasteiger partial charge in [-0.3, -0.25) is 9.78 Å². The van der Waals surface area contributed by atoms with Crippen molar-refractivity contribution in [1.29, 1.82) is 0 Å². The van der Waals surface area contributed by atoms with E-state index in [2.05, 4.69) is 15.0 Å². The summed E-state index contributed by atoms with van der Waals surface area (Å²) < 4.78 is 0. The average molecular weight is 293 g/mol. The van der Waals surface area contributed by atoms with E-state index in [9.17, 15) is 4.79 Å². The largest absolute Gasteiger partial charge is 0.368 e. The zero-order chi connectivity index (χ0) is 14.7. The average Bonchev–Trinajstić information content (AvgIpc) is 2.43. The molecule has 2 rings (SSSR count). The number of halogens is 1. The Morgan fingerprint density at radius 1 is 1.40 bits per heavy atom. The molecular weight excluding hydrogens is 280 g/mol. The van der Waals surface area contributed by atoms with Crippen molar-refractivity contribution in [2.75, 3.05) is 10.7 Å². The highest BCUT2D eigenvalue weighted by molar-refractivity contribution is 6.30. The first-order valence-corrected chi connectivity index (χ1v) is 6.14. The molecule has 0 spiro atoms. The molecule has 0 radical (unpaired) electrons. The van der Waals surface area contributed by atoms with Gasteiger partial charge in [0.15, 0.2) is 5.82 Å². The summed E-state index contributed by atoms with van der Waals surface area (Å²) in [5.74, 6) is 5.54. The van der Waals surface area contributed by atoms with Crippen LogP contribution in [0.1, 0.15) is 11.3 Å². The van der Waals surface area contributed by atoms with Crippen LogP contribution >= 0.6 is 11.6 Å². The molecule has 4 N–H and O–H groups in total. The highest BCUT2D eigenvalue weighted by atomic mass is 35.5. The van der Waals surface area contributed by atoms with Crippen molar-refractivity contribution in [3.63, 3.8) is 0 Å². The minimum absolute atomic E-state index is 0.0447. The van der Waals surface area contributed by atoms with Gasteiger partial charge in [0.25, 0.3) is 0 Å². The predicted molar refractivity (Wildman–Crippen MR) is 75.8 cm³/mol. The lowest BCUT2D eigenvalue weighted by Gasteiger charge is -2.18. The molecule has 0 bridgehead atoms. The summed E-state index contributed by atoms with van der Waals surface area (Å²) in [5, 5.41) is 1.07. The Balaban J connectivity index is 2.23. The first kappa shape index (κ1) is 14.2. The Morgan fingerprint density at radius 2 is 2.15 bits per heavy atom. The van der Waals surface area contributed by atoms with Crippen LogP contribution in [0, 0.1) is 6.92 Å². The normalized spacial score (nSPS) is 10.3. The molecule has 2 aromatic heterocycles. The van der Waals surface area contributed by atoms with Gasteiger partial charge in [-0.05, 0) is 19.1 Å². The maximum atomic E-state index is 12.1. The third-order valence-electron chi connectivity index (χ3n) is 2.63. The van der Waals surface area contributed by atoms with Gasteiger partial charge in [-0.1, -0.05) is 17.7 Å². The molecule has 0 saturated carbocycles. The molecule has 0 atom stereocenters. The molecule has 8 heteroatoms. The number of nitrogen functional groups attached to an aromatic ring is 1. The zero-order valence-corrected chi connectivity index (χ0v) is 11.5. The highest BCUT2D eigenvalue weighted by Crippen LogP contribution is 2.22. The van der Waals surface area contributed by atoms with Gasteiger partial charge < -0.3 is 5.73 Å². The van der Waals surface area contributed by atoms with Gasteiger partial charge in [-0.25, -0.2) is 15.8 Å². The fourth-order valence-electron chi connectivity index (χ4n) is 1.59. The van der Waals surface area contributed by atoms with Gasteiger partial charge in [0.05, 0.1) is 6.42 Å². The van der Waals surface area contributed by atoms with Crippen LogP contribution in [0.15, 0.2) is 24.4 Å². The smallest absolute Gasteiger partial charge is 0.248 e. The van der Waals surface area contributed by atoms with Crippen molar-refractivity contribution < 1.29 is 4.79 Å². The molecule has 2 heterocycles. The summed E-state index contributed by atoms with van der Waals surface area (Å²) in [6.45, 7) is 1.66. The third-order valence-corrected chi connectivity index (χ3v) is 3.00. The van der Waals surface area contributed by atoms with Crippen LogP contribution in [0.25, 0.3) is 0 Å². The fraction of sp³-hybridized carbons (Fsp3) is 0.167. The monoisotopic (exact) mass is 292 g/mol. The number of carbonyl (C=O) groups excluding carboxylic acids is 1. The predicted octanol–water partition coefficient (Wildman–Crippen LogP) is 0.865. The van der Waals surface area contributed by atoms with E-state index in [0.29, 0.717) is 11.3 Å². The van der Waals surface area contributed by atoms with Gasteiger partial charge >= 0.3 is 0 Å². The molecule has 0 aromatic carbocycles. The lowest BCUT2D eigenvalue weighted by atomic mass is 10.2. The van der Waals surface area contributed by atoms with Gasteiger partial charge in [-0.2, -0.15) is 4.98 Å². The third kappa shape index (κ3) is 3.01. The Hall–Kier alpha value is -2.25. The van der Waals surface area contributed by atoms with E-state index in [-0.39, 0.29) is 29.2 Å². The van der Waals surface area contributed by atoms with Gasteiger partial charge in [0, 0.05) is 17.5 Å². The van der Waals surface area contributed by atoms with E-state index in [1.807, 2.05) is 0 Å². The number of carbonyl (C=O) groups is 1. The molecule has 2 aromatic rings. The van der Waals surface area contributed by atoms with Crippen LogP contribution in [0.5, 0.6) is 0 Å². The Labute approximate surface area is 120 Å². The maximum Gasteiger partial charge on any atom is 0.248 e. The van der Waals surface area contributed by atoms with E-state index in [0.717, 1.165) is 5.01 Å². The minimum Gasteiger partial charge on any atom is -0.368 e. The van der Waals surface area contributed by atoms with Crippen molar-refractivity contribution in [1.82, 2.24) is 15.0 Å². The molecule has 20 heavy (non-hydrogen) atoms. The van der Waals surface area contributed by atoms with E-state index < -0.39 is 0 Å². The number of hydrogen-bond donors (Lipinski definition) is 2. The first-order chi connectivity index (χ1) is 9.49. The highest BCUT2D eigenvalue weighted by Gasteiger charge is 2.19. The first-order valence-electron chi connectivity index (χ1n) is 5.76. The summed E-state index contributed by atoms with van der Waals surface area (Å²) in [5.41, 5.74) is 6.60. The van der Waals surface area contributed by atoms with Crippen LogP contribution in [0.4, 0.5) is 11.8 Å². The lowest BCUT2D eigenvalue weighted by molar-refractivity contribution is -0.118. The second-order valence-electron chi connectivity index (χ2n) is 4.08. The Kier molecular flexibility index (Phi) is 4.11. The molecule has 0 saturated heterocycles. The molecular formula is C12H13ClN6O. The number of rotatable bonds is 3. The molecule has 1 amide bonds. The topological polar surface area (TPSA) is 111 Å². The summed E-state index contributed by atoms with van der Waals surface area (Å²) >= 11 is 5.89. The number of nitrogens with zero attached hydrogens (tertiary/aromatic N) is 4. The van der Waals surface area contributed by atoms with Crippen molar-refractivity contribution in [2.45, 2.75) is 13.3 Å². The molecule has 0 aliphatic carbocycles. The van der Waals surface area contributed by atoms with Crippen molar-refractivity contribution in [3.05, 3.63) is 40.8 Å². The lowest BCUT2D eigenvalue weighted by Crippen LogP contribution is -2.40. The second-order valence-corrected chi connectivity index (χ2v) is 4.44. The zero-order valence-electron chi connectivity index (χ0n) is 10.7. The van der Waals surface area contributed by atoms with Crippen molar-refractivity contribution in [2.24, 2.45) is 5.84 Å². The van der Waals surface area contributed by atoms with Crippen LogP contribution < -0.4 is 16.6 Å². The molecule has 104 valence electrons. The fourth-order valence-corrected chi connectivity index (χ4v) is 1.76. The number of amides is 1. The van der Waals surface area contributed by atoms with Crippen molar-refractivity contribution >= 4 is 29.3 Å². The minimum atomic E-state index is -0.374. The molecule has 0 aliphatic heterocycles. The van der Waals surface area contributed by atoms with Gasteiger partial charge in [-0.15, -0.1) is 0 Å². The van der Waals surface area contributed by atoms with E-state index >= 15 is 0 Å². The molecule has 0 unspecified atom stereocenters. The standard InChI is InChI=1S/C12H13ClN6O/c1-7-10(13)17-12(14)18-11(7)19(15)9(20)6-8-4-2-3-5-16-8/h2-5H,6,15H2,1H3,(H2,14,17,18). The van der Waals surface area contributed by atoms with E-state index in [1.165, 1.54) is 0 Å². The Bertz CT molecular complexity index is 633.